The fourth-order valence-electron chi connectivity index (χ4n) is 0.872. The normalized spacial score (nSPS) is 10.0. The molecular formula is C8H5F3O. The number of aldehydes is 1. The van der Waals surface area contributed by atoms with Crippen LogP contribution in [-0.4, -0.2) is 6.29 Å². The molecule has 0 radical (unpaired) electrons. The van der Waals surface area contributed by atoms with E-state index < -0.39 is 23.0 Å². The second-order valence-electron chi connectivity index (χ2n) is 2.33. The summed E-state index contributed by atoms with van der Waals surface area (Å²) in [5.74, 6) is -4.32. The first-order valence-electron chi connectivity index (χ1n) is 3.17. The standard InChI is InChI=1S/C8H5F3O/c1-4-2-6(9)8(11)7(10)5(4)3-12/h2-3H,1H3. The number of rotatable bonds is 1. The van der Waals surface area contributed by atoms with Crippen molar-refractivity contribution in [3.63, 3.8) is 0 Å². The van der Waals surface area contributed by atoms with E-state index in [1.165, 1.54) is 6.92 Å². The van der Waals surface area contributed by atoms with Crippen LogP contribution in [0.15, 0.2) is 6.07 Å². The van der Waals surface area contributed by atoms with E-state index in [4.69, 9.17) is 0 Å². The summed E-state index contributed by atoms with van der Waals surface area (Å²) < 4.78 is 37.6. The van der Waals surface area contributed by atoms with Gasteiger partial charge < -0.3 is 0 Å². The van der Waals surface area contributed by atoms with Gasteiger partial charge in [-0.25, -0.2) is 13.2 Å². The Morgan fingerprint density at radius 2 is 1.83 bits per heavy atom. The third-order valence-corrected chi connectivity index (χ3v) is 1.52. The summed E-state index contributed by atoms with van der Waals surface area (Å²) in [6, 6.07) is 0.780. The number of benzene rings is 1. The molecule has 1 rings (SSSR count). The molecule has 0 aromatic heterocycles. The van der Waals surface area contributed by atoms with Gasteiger partial charge in [-0.1, -0.05) is 0 Å². The highest BCUT2D eigenvalue weighted by Crippen LogP contribution is 2.17. The molecule has 0 aliphatic rings. The molecule has 0 bridgehead atoms. The Balaban J connectivity index is 3.51. The van der Waals surface area contributed by atoms with Gasteiger partial charge in [0.1, 0.15) is 0 Å². The molecule has 0 spiro atoms. The van der Waals surface area contributed by atoms with Crippen LogP contribution >= 0.6 is 0 Å². The number of hydrogen-bond donors (Lipinski definition) is 0. The molecule has 1 aromatic rings. The van der Waals surface area contributed by atoms with Crippen LogP contribution in [0.1, 0.15) is 15.9 Å². The van der Waals surface area contributed by atoms with Gasteiger partial charge in [-0.05, 0) is 18.6 Å². The van der Waals surface area contributed by atoms with Gasteiger partial charge in [0, 0.05) is 0 Å². The van der Waals surface area contributed by atoms with Gasteiger partial charge in [-0.3, -0.25) is 4.79 Å². The summed E-state index contributed by atoms with van der Waals surface area (Å²) in [6.07, 6.45) is 0.160. The highest BCUT2D eigenvalue weighted by Gasteiger charge is 2.15. The second kappa shape index (κ2) is 2.97. The molecule has 4 heteroatoms. The molecule has 0 heterocycles. The Labute approximate surface area is 66.8 Å². The molecule has 0 atom stereocenters. The van der Waals surface area contributed by atoms with Crippen LogP contribution in [0.4, 0.5) is 13.2 Å². The van der Waals surface area contributed by atoms with Crippen LogP contribution < -0.4 is 0 Å². The van der Waals surface area contributed by atoms with Crippen molar-refractivity contribution in [1.82, 2.24) is 0 Å². The molecule has 0 saturated carbocycles. The van der Waals surface area contributed by atoms with Crippen LogP contribution in [-0.2, 0) is 0 Å². The van der Waals surface area contributed by atoms with Gasteiger partial charge in [0.15, 0.2) is 23.7 Å². The van der Waals surface area contributed by atoms with Crippen molar-refractivity contribution in [3.05, 3.63) is 34.6 Å². The van der Waals surface area contributed by atoms with Crippen LogP contribution in [0.25, 0.3) is 0 Å². The maximum absolute atomic E-state index is 12.7. The Kier molecular flexibility index (Phi) is 2.17. The van der Waals surface area contributed by atoms with Crippen LogP contribution in [0.5, 0.6) is 0 Å². The lowest BCUT2D eigenvalue weighted by atomic mass is 10.1. The van der Waals surface area contributed by atoms with E-state index in [1.54, 1.807) is 0 Å². The molecule has 0 unspecified atom stereocenters. The minimum Gasteiger partial charge on any atom is -0.298 e. The number of carbonyl (C=O) groups is 1. The second-order valence-corrected chi connectivity index (χ2v) is 2.33. The van der Waals surface area contributed by atoms with E-state index in [0.717, 1.165) is 6.07 Å². The molecule has 0 N–H and O–H groups in total. The molecular weight excluding hydrogens is 169 g/mol. The highest BCUT2D eigenvalue weighted by atomic mass is 19.2. The Bertz CT molecular complexity index is 334. The van der Waals surface area contributed by atoms with E-state index in [9.17, 15) is 18.0 Å². The van der Waals surface area contributed by atoms with E-state index in [1.807, 2.05) is 0 Å². The summed E-state index contributed by atoms with van der Waals surface area (Å²) >= 11 is 0. The Hall–Kier alpha value is -1.32. The van der Waals surface area contributed by atoms with Gasteiger partial charge in [0.05, 0.1) is 5.56 Å². The third kappa shape index (κ3) is 1.20. The Morgan fingerprint density at radius 3 is 2.33 bits per heavy atom. The molecule has 64 valence electrons. The van der Waals surface area contributed by atoms with Gasteiger partial charge in [0.25, 0.3) is 0 Å². The van der Waals surface area contributed by atoms with Crippen molar-refractivity contribution in [3.8, 4) is 0 Å². The predicted octanol–water partition coefficient (Wildman–Crippen LogP) is 2.22. The maximum Gasteiger partial charge on any atom is 0.195 e. The van der Waals surface area contributed by atoms with Crippen LogP contribution in [0.2, 0.25) is 0 Å². The molecule has 1 aromatic carbocycles. The van der Waals surface area contributed by atoms with E-state index in [2.05, 4.69) is 0 Å². The molecule has 0 fully saturated rings. The lowest BCUT2D eigenvalue weighted by Gasteiger charge is -2.01. The SMILES string of the molecule is Cc1cc(F)c(F)c(F)c1C=O. The zero-order valence-corrected chi connectivity index (χ0v) is 6.20. The highest BCUT2D eigenvalue weighted by molar-refractivity contribution is 5.77. The van der Waals surface area contributed by atoms with Gasteiger partial charge in [0.2, 0.25) is 0 Å². The van der Waals surface area contributed by atoms with Crippen molar-refractivity contribution in [1.29, 1.82) is 0 Å². The molecule has 0 aliphatic heterocycles. The van der Waals surface area contributed by atoms with E-state index in [-0.39, 0.29) is 11.8 Å². The summed E-state index contributed by atoms with van der Waals surface area (Å²) in [5, 5.41) is 0. The largest absolute Gasteiger partial charge is 0.298 e. The molecule has 0 saturated heterocycles. The van der Waals surface area contributed by atoms with Gasteiger partial charge >= 0.3 is 0 Å². The van der Waals surface area contributed by atoms with Crippen LogP contribution in [0, 0.1) is 24.4 Å². The topological polar surface area (TPSA) is 17.1 Å². The number of hydrogen-bond acceptors (Lipinski definition) is 1. The molecule has 12 heavy (non-hydrogen) atoms. The number of halogens is 3. The number of carbonyl (C=O) groups excluding carboxylic acids is 1. The average Bonchev–Trinajstić information content (AvgIpc) is 2.01. The summed E-state index contributed by atoms with van der Waals surface area (Å²) in [6.45, 7) is 1.33. The van der Waals surface area contributed by atoms with Crippen molar-refractivity contribution >= 4 is 6.29 Å². The van der Waals surface area contributed by atoms with Crippen molar-refractivity contribution < 1.29 is 18.0 Å². The first kappa shape index (κ1) is 8.77. The molecule has 0 aliphatic carbocycles. The van der Waals surface area contributed by atoms with Crippen molar-refractivity contribution in [2.24, 2.45) is 0 Å². The van der Waals surface area contributed by atoms with E-state index in [0.29, 0.717) is 0 Å². The average molecular weight is 174 g/mol. The summed E-state index contributed by atoms with van der Waals surface area (Å²) in [5.41, 5.74) is -0.352. The van der Waals surface area contributed by atoms with Crippen molar-refractivity contribution in [2.75, 3.05) is 0 Å². The number of aryl methyl sites for hydroxylation is 1. The zero-order chi connectivity index (χ0) is 9.30. The van der Waals surface area contributed by atoms with Crippen LogP contribution in [0.3, 0.4) is 0 Å². The van der Waals surface area contributed by atoms with Gasteiger partial charge in [-0.2, -0.15) is 0 Å². The zero-order valence-electron chi connectivity index (χ0n) is 6.20. The Morgan fingerprint density at radius 1 is 1.25 bits per heavy atom. The predicted molar refractivity (Wildman–Crippen MR) is 36.4 cm³/mol. The molecule has 0 amide bonds. The smallest absolute Gasteiger partial charge is 0.195 e. The fraction of sp³-hybridized carbons (Fsp3) is 0.125. The first-order chi connectivity index (χ1) is 5.57. The quantitative estimate of drug-likeness (QED) is 0.471. The monoisotopic (exact) mass is 174 g/mol. The summed E-state index contributed by atoms with van der Waals surface area (Å²) in [4.78, 5) is 10.2. The lowest BCUT2D eigenvalue weighted by Crippen LogP contribution is -1.99. The minimum absolute atomic E-state index is 0.0846. The lowest BCUT2D eigenvalue weighted by molar-refractivity contribution is 0.111. The first-order valence-corrected chi connectivity index (χ1v) is 3.17. The third-order valence-electron chi connectivity index (χ3n) is 1.52. The van der Waals surface area contributed by atoms with E-state index >= 15 is 0 Å². The minimum atomic E-state index is -1.61. The fourth-order valence-corrected chi connectivity index (χ4v) is 0.872. The molecule has 1 nitrogen and oxygen atoms in total. The summed E-state index contributed by atoms with van der Waals surface area (Å²) in [7, 11) is 0. The maximum atomic E-state index is 12.7. The van der Waals surface area contributed by atoms with Gasteiger partial charge in [-0.15, -0.1) is 0 Å². The van der Waals surface area contributed by atoms with Crippen molar-refractivity contribution in [2.45, 2.75) is 6.92 Å².